The maximum atomic E-state index is 14.2. The minimum atomic E-state index is -0.976. The fourth-order valence-corrected chi connectivity index (χ4v) is 5.76. The third-order valence-corrected chi connectivity index (χ3v) is 8.43. The minimum Gasteiger partial charge on any atom is -0.347 e. The van der Waals surface area contributed by atoms with Gasteiger partial charge in [0.05, 0.1) is 0 Å². The van der Waals surface area contributed by atoms with Gasteiger partial charge >= 0.3 is 0 Å². The summed E-state index contributed by atoms with van der Waals surface area (Å²) >= 11 is 0. The molecule has 0 aliphatic heterocycles. The Balaban J connectivity index is 6.11. The van der Waals surface area contributed by atoms with Gasteiger partial charge in [-0.1, -0.05) is 62.3 Å². The summed E-state index contributed by atoms with van der Waals surface area (Å²) in [6.07, 6.45) is 1.38. The van der Waals surface area contributed by atoms with Crippen LogP contribution in [0.3, 0.4) is 0 Å². The van der Waals surface area contributed by atoms with Crippen molar-refractivity contribution in [3.63, 3.8) is 0 Å². The number of hydrogen-bond acceptors (Lipinski definition) is 6. The Morgan fingerprint density at radius 3 is 1.23 bits per heavy atom. The Morgan fingerprint density at radius 1 is 0.468 bits per heavy atom. The van der Waals surface area contributed by atoms with Crippen LogP contribution in [0.15, 0.2) is 0 Å². The van der Waals surface area contributed by atoms with Crippen LogP contribution >= 0.6 is 0 Å². The zero-order valence-corrected chi connectivity index (χ0v) is 32.1. The molecule has 6 amide bonds. The van der Waals surface area contributed by atoms with Gasteiger partial charge in [-0.15, -0.1) is 0 Å². The predicted octanol–water partition coefficient (Wildman–Crippen LogP) is 3.00. The Bertz CT molecular complexity index is 1070. The lowest BCUT2D eigenvalue weighted by atomic mass is 9.95. The van der Waals surface area contributed by atoms with E-state index in [4.69, 9.17) is 0 Å². The van der Waals surface area contributed by atoms with Gasteiger partial charge in [0.1, 0.15) is 30.2 Å². The fourth-order valence-electron chi connectivity index (χ4n) is 5.76. The zero-order chi connectivity index (χ0) is 37.1. The van der Waals surface area contributed by atoms with Crippen LogP contribution in [-0.4, -0.2) is 120 Å². The van der Waals surface area contributed by atoms with E-state index in [1.807, 2.05) is 62.3 Å². The predicted molar refractivity (Wildman–Crippen MR) is 186 cm³/mol. The molecule has 0 saturated carbocycles. The van der Waals surface area contributed by atoms with Crippen LogP contribution in [-0.2, 0) is 28.8 Å². The number of hydrogen-bond donors (Lipinski definition) is 2. The molecule has 272 valence electrons. The third kappa shape index (κ3) is 13.5. The number of nitrogens with zero attached hydrogens (tertiary/aromatic N) is 4. The fraction of sp³-hybridized carbons (Fsp3) is 0.829. The topological polar surface area (TPSA) is 139 Å². The molecule has 0 aromatic heterocycles. The van der Waals surface area contributed by atoms with Crippen LogP contribution in [0.4, 0.5) is 0 Å². The molecular formula is C35H66N6O6. The summed E-state index contributed by atoms with van der Waals surface area (Å²) in [4.78, 5) is 86.0. The number of likely N-dealkylation sites (N-methyl/N-ethyl adjacent to an activating group) is 4. The molecule has 0 unspecified atom stereocenters. The molecule has 0 heterocycles. The highest BCUT2D eigenvalue weighted by Gasteiger charge is 2.40. The van der Waals surface area contributed by atoms with Gasteiger partial charge in [0.15, 0.2) is 0 Å². The van der Waals surface area contributed by atoms with Gasteiger partial charge in [-0.05, 0) is 56.8 Å². The molecule has 12 nitrogen and oxygen atoms in total. The number of amides is 6. The molecule has 0 bridgehead atoms. The summed E-state index contributed by atoms with van der Waals surface area (Å²) in [6, 6.07) is -4.30. The second-order valence-electron chi connectivity index (χ2n) is 15.1. The monoisotopic (exact) mass is 667 g/mol. The van der Waals surface area contributed by atoms with E-state index in [1.54, 1.807) is 42.0 Å². The summed E-state index contributed by atoms with van der Waals surface area (Å²) in [5, 5.41) is 5.40. The van der Waals surface area contributed by atoms with Crippen LogP contribution in [0.1, 0.15) is 95.4 Å². The maximum Gasteiger partial charge on any atom is 0.245 e. The van der Waals surface area contributed by atoms with Gasteiger partial charge in [-0.2, -0.15) is 0 Å². The van der Waals surface area contributed by atoms with Crippen LogP contribution < -0.4 is 10.6 Å². The molecule has 2 N–H and O–H groups in total. The molecule has 6 atom stereocenters. The van der Waals surface area contributed by atoms with E-state index in [0.717, 1.165) is 0 Å². The molecule has 0 aliphatic carbocycles. The molecule has 0 radical (unpaired) electrons. The quantitative estimate of drug-likeness (QED) is 0.231. The van der Waals surface area contributed by atoms with Gasteiger partial charge < -0.3 is 30.2 Å². The number of carbonyl (C=O) groups excluding carboxylic acids is 6. The van der Waals surface area contributed by atoms with Crippen LogP contribution in [0.2, 0.25) is 0 Å². The van der Waals surface area contributed by atoms with Crippen LogP contribution in [0, 0.1) is 29.6 Å². The van der Waals surface area contributed by atoms with Crippen molar-refractivity contribution in [1.82, 2.24) is 30.2 Å². The first kappa shape index (κ1) is 43.8. The van der Waals surface area contributed by atoms with E-state index in [1.165, 1.54) is 26.6 Å². The first-order valence-electron chi connectivity index (χ1n) is 17.1. The molecule has 0 aromatic rings. The van der Waals surface area contributed by atoms with E-state index < -0.39 is 47.9 Å². The highest BCUT2D eigenvalue weighted by Crippen LogP contribution is 2.22. The van der Waals surface area contributed by atoms with E-state index in [9.17, 15) is 28.8 Å². The molecule has 0 aliphatic rings. The maximum absolute atomic E-state index is 14.2. The van der Waals surface area contributed by atoms with Gasteiger partial charge in [0.2, 0.25) is 35.4 Å². The summed E-state index contributed by atoms with van der Waals surface area (Å²) < 4.78 is 0. The largest absolute Gasteiger partial charge is 0.347 e. The smallest absolute Gasteiger partial charge is 0.245 e. The van der Waals surface area contributed by atoms with Crippen LogP contribution in [0.5, 0.6) is 0 Å². The second kappa shape index (κ2) is 19.6. The Morgan fingerprint density at radius 2 is 0.851 bits per heavy atom. The first-order valence-corrected chi connectivity index (χ1v) is 17.1. The number of nitrogens with one attached hydrogen (secondary N) is 2. The average molecular weight is 667 g/mol. The van der Waals surface area contributed by atoms with Crippen molar-refractivity contribution in [3.8, 4) is 0 Å². The summed E-state index contributed by atoms with van der Waals surface area (Å²) in [5.74, 6) is -2.16. The normalized spacial score (nSPS) is 15.4. The minimum absolute atomic E-state index is 0.0329. The molecule has 47 heavy (non-hydrogen) atoms. The van der Waals surface area contributed by atoms with Crippen molar-refractivity contribution in [2.45, 2.75) is 126 Å². The van der Waals surface area contributed by atoms with E-state index in [0.29, 0.717) is 25.2 Å². The zero-order valence-electron chi connectivity index (χ0n) is 32.1. The molecular weight excluding hydrogens is 600 g/mol. The Hall–Kier alpha value is -3.18. The highest BCUT2D eigenvalue weighted by atomic mass is 16.2. The van der Waals surface area contributed by atoms with Gasteiger partial charge in [0.25, 0.3) is 0 Å². The Labute approximate surface area is 284 Å². The van der Waals surface area contributed by atoms with E-state index in [2.05, 4.69) is 10.6 Å². The number of rotatable bonds is 18. The number of carbonyl (C=O) groups is 6. The lowest BCUT2D eigenvalue weighted by molar-refractivity contribution is -0.154. The molecule has 0 spiro atoms. The average Bonchev–Trinajstić information content (AvgIpc) is 2.95. The molecule has 12 heteroatoms. The second-order valence-corrected chi connectivity index (χ2v) is 15.1. The summed E-state index contributed by atoms with van der Waals surface area (Å²) in [7, 11) is 7.99. The van der Waals surface area contributed by atoms with Crippen molar-refractivity contribution in [2.24, 2.45) is 29.6 Å². The molecule has 0 aromatic carbocycles. The molecule has 0 fully saturated rings. The van der Waals surface area contributed by atoms with Crippen molar-refractivity contribution in [1.29, 1.82) is 0 Å². The third-order valence-electron chi connectivity index (χ3n) is 8.43. The van der Waals surface area contributed by atoms with E-state index >= 15 is 0 Å². The lowest BCUT2D eigenvalue weighted by Gasteiger charge is -2.39. The lowest BCUT2D eigenvalue weighted by Crippen LogP contribution is -2.60. The first-order chi connectivity index (χ1) is 21.5. The highest BCUT2D eigenvalue weighted by molar-refractivity contribution is 5.96. The molecule has 0 rings (SSSR count). The van der Waals surface area contributed by atoms with E-state index in [-0.39, 0.29) is 41.4 Å². The Kier molecular flexibility index (Phi) is 18.3. The van der Waals surface area contributed by atoms with Crippen molar-refractivity contribution >= 4 is 35.4 Å². The standard InChI is InChI=1S/C35H66N6O6/c1-20(2)17-24(9)30(42)36-25(10)31(43)37-26(11)32(44)39(14)27(18-21(3)4)33(45)40(15)28(19-22(5)6)34(46)41(16)29(23(7)8)35(47)38(12)13/h20-29H,17-19H2,1-16H3,(H,36,42)(H,37,43)/t24-,25-,26+,27-,28-,29-/m1/s1. The van der Waals surface area contributed by atoms with Gasteiger partial charge in [-0.25, -0.2) is 0 Å². The summed E-state index contributed by atoms with van der Waals surface area (Å²) in [6.45, 7) is 20.5. The van der Waals surface area contributed by atoms with Crippen LogP contribution in [0.25, 0.3) is 0 Å². The van der Waals surface area contributed by atoms with Gasteiger partial charge in [-0.3, -0.25) is 28.8 Å². The molecule has 0 saturated heterocycles. The van der Waals surface area contributed by atoms with Crippen molar-refractivity contribution in [3.05, 3.63) is 0 Å². The van der Waals surface area contributed by atoms with Gasteiger partial charge in [0, 0.05) is 41.2 Å². The SMILES string of the molecule is CC(C)C[C@@H](C)C(=O)N[C@H](C)C(=O)N[C@@H](C)C(=O)N(C)[C@H](CC(C)C)C(=O)N(C)[C@H](CC(C)C)C(=O)N(C)[C@@H](C(=O)N(C)C)C(C)C. The van der Waals surface area contributed by atoms with Crippen molar-refractivity contribution in [2.75, 3.05) is 35.2 Å². The summed E-state index contributed by atoms with van der Waals surface area (Å²) in [5.41, 5.74) is 0. The van der Waals surface area contributed by atoms with Crippen molar-refractivity contribution < 1.29 is 28.8 Å².